The number of ether oxygens (including phenoxy) is 1. The zero-order chi connectivity index (χ0) is 10.8. The van der Waals surface area contributed by atoms with E-state index in [9.17, 15) is 13.2 Å². The summed E-state index contributed by atoms with van der Waals surface area (Å²) in [4.78, 5) is 0. The highest BCUT2D eigenvalue weighted by atomic mass is 19.4. The second kappa shape index (κ2) is 3.77. The van der Waals surface area contributed by atoms with E-state index in [2.05, 4.69) is 0 Å². The maximum atomic E-state index is 12.0. The number of aromatic hydroxyl groups is 1. The van der Waals surface area contributed by atoms with Gasteiger partial charge in [0.15, 0.2) is 0 Å². The van der Waals surface area contributed by atoms with Crippen molar-refractivity contribution in [1.29, 1.82) is 0 Å². The highest BCUT2D eigenvalue weighted by Crippen LogP contribution is 2.29. The Labute approximate surface area is 78.9 Å². The van der Waals surface area contributed by atoms with E-state index in [0.717, 1.165) is 6.07 Å². The van der Waals surface area contributed by atoms with Gasteiger partial charge in [0.05, 0.1) is 13.5 Å². The molecule has 0 amide bonds. The first-order chi connectivity index (χ1) is 6.42. The summed E-state index contributed by atoms with van der Waals surface area (Å²) in [6.07, 6.45) is -5.33. The van der Waals surface area contributed by atoms with E-state index >= 15 is 0 Å². The van der Waals surface area contributed by atoms with Crippen LogP contribution in [0.15, 0.2) is 18.2 Å². The largest absolute Gasteiger partial charge is 0.508 e. The first-order valence-corrected chi connectivity index (χ1v) is 3.85. The van der Waals surface area contributed by atoms with Crippen molar-refractivity contribution in [3.8, 4) is 11.5 Å². The molecule has 0 bridgehead atoms. The Kier molecular flexibility index (Phi) is 2.88. The molecule has 0 spiro atoms. The highest BCUT2D eigenvalue weighted by molar-refractivity contribution is 5.40. The minimum absolute atomic E-state index is 0.0119. The maximum absolute atomic E-state index is 12.0. The van der Waals surface area contributed by atoms with Crippen LogP contribution in [0.3, 0.4) is 0 Å². The van der Waals surface area contributed by atoms with E-state index < -0.39 is 12.6 Å². The third-order valence-corrected chi connectivity index (χ3v) is 1.66. The molecule has 0 atom stereocenters. The Morgan fingerprint density at radius 1 is 1.36 bits per heavy atom. The third kappa shape index (κ3) is 2.83. The van der Waals surface area contributed by atoms with Gasteiger partial charge in [-0.15, -0.1) is 0 Å². The predicted molar refractivity (Wildman–Crippen MR) is 44.4 cm³/mol. The number of methoxy groups -OCH3 is 1. The molecule has 0 saturated heterocycles. The Hall–Kier alpha value is -1.39. The van der Waals surface area contributed by atoms with Gasteiger partial charge in [-0.1, -0.05) is 6.07 Å². The van der Waals surface area contributed by atoms with Crippen LogP contribution in [0.2, 0.25) is 0 Å². The number of phenolic OH excluding ortho intramolecular Hbond substituents is 1. The Bertz CT molecular complexity index is 320. The van der Waals surface area contributed by atoms with E-state index in [4.69, 9.17) is 9.84 Å². The summed E-state index contributed by atoms with van der Waals surface area (Å²) in [6, 6.07) is 3.55. The van der Waals surface area contributed by atoms with Gasteiger partial charge in [-0.05, 0) is 6.07 Å². The molecule has 0 heterocycles. The second-order valence-corrected chi connectivity index (χ2v) is 2.79. The van der Waals surface area contributed by atoms with Gasteiger partial charge in [-0.25, -0.2) is 0 Å². The van der Waals surface area contributed by atoms with Crippen molar-refractivity contribution in [3.05, 3.63) is 23.8 Å². The van der Waals surface area contributed by atoms with Crippen LogP contribution in [-0.2, 0) is 6.42 Å². The predicted octanol–water partition coefficient (Wildman–Crippen LogP) is 2.51. The molecule has 0 aliphatic carbocycles. The van der Waals surface area contributed by atoms with E-state index in [-0.39, 0.29) is 17.1 Å². The minimum Gasteiger partial charge on any atom is -0.508 e. The van der Waals surface area contributed by atoms with Crippen LogP contribution in [0.5, 0.6) is 11.5 Å². The van der Waals surface area contributed by atoms with Crippen molar-refractivity contribution >= 4 is 0 Å². The SMILES string of the molecule is COc1cc(O)ccc1CC(F)(F)F. The lowest BCUT2D eigenvalue weighted by molar-refractivity contribution is -0.127. The summed E-state index contributed by atoms with van der Waals surface area (Å²) in [7, 11) is 1.26. The summed E-state index contributed by atoms with van der Waals surface area (Å²) in [5.74, 6) is -0.0740. The number of alkyl halides is 3. The standard InChI is InChI=1S/C9H9F3O2/c1-14-8-4-7(13)3-2-6(8)5-9(10,11)12/h2-4,13H,5H2,1H3. The molecule has 0 unspecified atom stereocenters. The molecular weight excluding hydrogens is 197 g/mol. The molecule has 0 saturated carbocycles. The van der Waals surface area contributed by atoms with E-state index in [1.807, 2.05) is 0 Å². The average molecular weight is 206 g/mol. The summed E-state index contributed by atoms with van der Waals surface area (Å²) >= 11 is 0. The van der Waals surface area contributed by atoms with Gasteiger partial charge in [0, 0.05) is 11.6 Å². The fourth-order valence-electron chi connectivity index (χ4n) is 1.10. The Morgan fingerprint density at radius 3 is 2.50 bits per heavy atom. The molecule has 0 aliphatic rings. The quantitative estimate of drug-likeness (QED) is 0.805. The fraction of sp³-hybridized carbons (Fsp3) is 0.333. The molecule has 14 heavy (non-hydrogen) atoms. The number of halogens is 3. The van der Waals surface area contributed by atoms with Gasteiger partial charge in [-0.3, -0.25) is 0 Å². The number of phenols is 1. The third-order valence-electron chi connectivity index (χ3n) is 1.66. The Morgan fingerprint density at radius 2 is 2.00 bits per heavy atom. The van der Waals surface area contributed by atoms with Gasteiger partial charge in [0.2, 0.25) is 0 Å². The van der Waals surface area contributed by atoms with Gasteiger partial charge in [0.1, 0.15) is 11.5 Å². The van der Waals surface area contributed by atoms with Crippen molar-refractivity contribution in [1.82, 2.24) is 0 Å². The normalized spacial score (nSPS) is 11.4. The molecule has 0 aromatic heterocycles. The molecule has 0 radical (unpaired) electrons. The molecule has 0 fully saturated rings. The number of hydrogen-bond acceptors (Lipinski definition) is 2. The summed E-state index contributed by atoms with van der Waals surface area (Å²) in [6.45, 7) is 0. The van der Waals surface area contributed by atoms with Crippen molar-refractivity contribution in [3.63, 3.8) is 0 Å². The molecule has 1 aromatic carbocycles. The lowest BCUT2D eigenvalue weighted by Crippen LogP contribution is -2.12. The number of rotatable bonds is 2. The van der Waals surface area contributed by atoms with Crippen molar-refractivity contribution in [2.24, 2.45) is 0 Å². The molecule has 1 rings (SSSR count). The number of hydrogen-bond donors (Lipinski definition) is 1. The van der Waals surface area contributed by atoms with Gasteiger partial charge < -0.3 is 9.84 Å². The van der Waals surface area contributed by atoms with E-state index in [0.29, 0.717) is 0 Å². The summed E-state index contributed by atoms with van der Waals surface area (Å²) in [5.41, 5.74) is 0.0119. The molecule has 1 aromatic rings. The summed E-state index contributed by atoms with van der Waals surface area (Å²) < 4.78 is 40.8. The zero-order valence-electron chi connectivity index (χ0n) is 7.43. The molecule has 2 nitrogen and oxygen atoms in total. The summed E-state index contributed by atoms with van der Waals surface area (Å²) in [5, 5.41) is 9.01. The first kappa shape index (κ1) is 10.7. The van der Waals surface area contributed by atoms with Crippen LogP contribution in [0, 0.1) is 0 Å². The van der Waals surface area contributed by atoms with Crippen molar-refractivity contribution in [2.75, 3.05) is 7.11 Å². The smallest absolute Gasteiger partial charge is 0.393 e. The topological polar surface area (TPSA) is 29.5 Å². The average Bonchev–Trinajstić information content (AvgIpc) is 2.06. The monoisotopic (exact) mass is 206 g/mol. The lowest BCUT2D eigenvalue weighted by Gasteiger charge is -2.10. The van der Waals surface area contributed by atoms with E-state index in [1.54, 1.807) is 0 Å². The van der Waals surface area contributed by atoms with E-state index in [1.165, 1.54) is 19.2 Å². The van der Waals surface area contributed by atoms with Gasteiger partial charge >= 0.3 is 6.18 Å². The molecule has 5 heteroatoms. The van der Waals surface area contributed by atoms with Crippen molar-refractivity contribution in [2.45, 2.75) is 12.6 Å². The van der Waals surface area contributed by atoms with Crippen LogP contribution in [0.1, 0.15) is 5.56 Å². The number of benzene rings is 1. The fourth-order valence-corrected chi connectivity index (χ4v) is 1.10. The van der Waals surface area contributed by atoms with Gasteiger partial charge in [0.25, 0.3) is 0 Å². The minimum atomic E-state index is -4.27. The molecular formula is C9H9F3O2. The van der Waals surface area contributed by atoms with Gasteiger partial charge in [-0.2, -0.15) is 13.2 Å². The van der Waals surface area contributed by atoms with Crippen LogP contribution in [0.4, 0.5) is 13.2 Å². The second-order valence-electron chi connectivity index (χ2n) is 2.79. The maximum Gasteiger partial charge on any atom is 0.393 e. The van der Waals surface area contributed by atoms with Crippen molar-refractivity contribution < 1.29 is 23.0 Å². The molecule has 78 valence electrons. The molecule has 0 aliphatic heterocycles. The first-order valence-electron chi connectivity index (χ1n) is 3.85. The zero-order valence-corrected chi connectivity index (χ0v) is 7.43. The highest BCUT2D eigenvalue weighted by Gasteiger charge is 2.29. The lowest BCUT2D eigenvalue weighted by atomic mass is 10.1. The van der Waals surface area contributed by atoms with Crippen LogP contribution >= 0.6 is 0 Å². The molecule has 1 N–H and O–H groups in total. The van der Waals surface area contributed by atoms with Crippen LogP contribution in [-0.4, -0.2) is 18.4 Å². The van der Waals surface area contributed by atoms with Crippen LogP contribution in [0.25, 0.3) is 0 Å². The Balaban J connectivity index is 2.97. The van der Waals surface area contributed by atoms with Crippen LogP contribution < -0.4 is 4.74 Å².